The van der Waals surface area contributed by atoms with Gasteiger partial charge in [-0.25, -0.2) is 4.79 Å². The molecule has 0 radical (unpaired) electrons. The zero-order chi connectivity index (χ0) is 13.3. The molecule has 0 unspecified atom stereocenters. The van der Waals surface area contributed by atoms with Crippen molar-refractivity contribution in [3.63, 3.8) is 0 Å². The summed E-state index contributed by atoms with van der Waals surface area (Å²) in [6.07, 6.45) is -2.83. The summed E-state index contributed by atoms with van der Waals surface area (Å²) in [4.78, 5) is 11.6. The maximum absolute atomic E-state index is 12.6. The van der Waals surface area contributed by atoms with Gasteiger partial charge in [0.2, 0.25) is 0 Å². The van der Waals surface area contributed by atoms with Gasteiger partial charge in [-0.2, -0.15) is 13.2 Å². The van der Waals surface area contributed by atoms with Crippen LogP contribution in [0.2, 0.25) is 0 Å². The molecule has 18 heavy (non-hydrogen) atoms. The smallest absolute Gasteiger partial charge is 0.418 e. The Kier molecular flexibility index (Phi) is 3.16. The fourth-order valence-corrected chi connectivity index (χ4v) is 2.29. The number of halogens is 3. The molecule has 2 rings (SSSR count). The van der Waals surface area contributed by atoms with Crippen molar-refractivity contribution in [1.29, 1.82) is 0 Å². The third kappa shape index (κ3) is 2.56. The second-order valence-electron chi connectivity index (χ2n) is 3.64. The van der Waals surface area contributed by atoms with Gasteiger partial charge in [0, 0.05) is 17.3 Å². The number of carbonyl (C=O) groups is 1. The summed E-state index contributed by atoms with van der Waals surface area (Å²) in [5.41, 5.74) is -1.84. The van der Waals surface area contributed by atoms with Crippen LogP contribution >= 0.6 is 11.3 Å². The van der Waals surface area contributed by atoms with Crippen molar-refractivity contribution in [3.05, 3.63) is 45.9 Å². The normalized spacial score (nSPS) is 11.7. The summed E-state index contributed by atoms with van der Waals surface area (Å²) in [7, 11) is 0. The molecule has 0 saturated heterocycles. The Morgan fingerprint density at radius 1 is 1.39 bits per heavy atom. The number of carboxylic acids is 1. The highest BCUT2D eigenvalue weighted by Gasteiger charge is 2.36. The van der Waals surface area contributed by atoms with Gasteiger partial charge in [0.05, 0.1) is 17.7 Å². The van der Waals surface area contributed by atoms with Crippen LogP contribution in [0.1, 0.15) is 20.8 Å². The predicted octanol–water partition coefficient (Wildman–Crippen LogP) is 3.31. The maximum atomic E-state index is 12.6. The SMILES string of the molecule is O=C(O)c1cn(Cc2cccs2)cc1C(F)(F)F. The average molecular weight is 275 g/mol. The lowest BCUT2D eigenvalue weighted by Gasteiger charge is -2.04. The molecule has 0 amide bonds. The van der Waals surface area contributed by atoms with Crippen molar-refractivity contribution in [2.45, 2.75) is 12.7 Å². The van der Waals surface area contributed by atoms with Crippen molar-refractivity contribution in [2.75, 3.05) is 0 Å². The number of thiophene rings is 1. The summed E-state index contributed by atoms with van der Waals surface area (Å²) >= 11 is 1.40. The molecular weight excluding hydrogens is 267 g/mol. The topological polar surface area (TPSA) is 42.2 Å². The van der Waals surface area contributed by atoms with Crippen molar-refractivity contribution in [3.8, 4) is 0 Å². The largest absolute Gasteiger partial charge is 0.478 e. The summed E-state index contributed by atoms with van der Waals surface area (Å²) in [5.74, 6) is -1.58. The van der Waals surface area contributed by atoms with Gasteiger partial charge in [-0.15, -0.1) is 11.3 Å². The minimum absolute atomic E-state index is 0.230. The predicted molar refractivity (Wildman–Crippen MR) is 59.8 cm³/mol. The van der Waals surface area contributed by atoms with E-state index < -0.39 is 23.3 Å². The van der Waals surface area contributed by atoms with Gasteiger partial charge in [-0.1, -0.05) is 6.07 Å². The van der Waals surface area contributed by atoms with Gasteiger partial charge in [-0.3, -0.25) is 0 Å². The monoisotopic (exact) mass is 275 g/mol. The van der Waals surface area contributed by atoms with Crippen LogP contribution in [-0.4, -0.2) is 15.6 Å². The van der Waals surface area contributed by atoms with Gasteiger partial charge < -0.3 is 9.67 Å². The van der Waals surface area contributed by atoms with Crippen LogP contribution in [0.25, 0.3) is 0 Å². The Labute approximate surface area is 104 Å². The third-order valence-corrected chi connectivity index (χ3v) is 3.20. The molecule has 0 atom stereocenters. The third-order valence-electron chi connectivity index (χ3n) is 2.33. The average Bonchev–Trinajstić information content (AvgIpc) is 2.85. The lowest BCUT2D eigenvalue weighted by molar-refractivity contribution is -0.138. The lowest BCUT2D eigenvalue weighted by atomic mass is 10.2. The lowest BCUT2D eigenvalue weighted by Crippen LogP contribution is -2.09. The van der Waals surface area contributed by atoms with Crippen LogP contribution in [0.15, 0.2) is 29.9 Å². The van der Waals surface area contributed by atoms with Gasteiger partial charge in [0.25, 0.3) is 0 Å². The molecule has 0 aliphatic heterocycles. The fraction of sp³-hybridized carbons (Fsp3) is 0.182. The summed E-state index contributed by atoms with van der Waals surface area (Å²) in [6, 6.07) is 3.56. The number of aromatic nitrogens is 1. The molecule has 0 fully saturated rings. The van der Waals surface area contributed by atoms with E-state index in [1.54, 1.807) is 12.1 Å². The molecule has 2 aromatic rings. The minimum atomic E-state index is -4.66. The maximum Gasteiger partial charge on any atom is 0.418 e. The van der Waals surface area contributed by atoms with E-state index >= 15 is 0 Å². The first-order valence-electron chi connectivity index (χ1n) is 4.90. The molecule has 96 valence electrons. The first kappa shape index (κ1) is 12.7. The number of carboxylic acid groups (broad SMARTS) is 1. The first-order chi connectivity index (χ1) is 8.38. The molecule has 0 saturated carbocycles. The van der Waals surface area contributed by atoms with E-state index in [4.69, 9.17) is 5.11 Å². The number of rotatable bonds is 3. The van der Waals surface area contributed by atoms with Gasteiger partial charge in [0.15, 0.2) is 0 Å². The molecule has 0 bridgehead atoms. The molecule has 0 aromatic carbocycles. The van der Waals surface area contributed by atoms with Crippen LogP contribution < -0.4 is 0 Å². The zero-order valence-electron chi connectivity index (χ0n) is 8.94. The summed E-state index contributed by atoms with van der Waals surface area (Å²) in [5, 5.41) is 10.6. The Hall–Kier alpha value is -1.76. The van der Waals surface area contributed by atoms with Crippen LogP contribution in [-0.2, 0) is 12.7 Å². The van der Waals surface area contributed by atoms with E-state index in [1.807, 2.05) is 5.38 Å². The molecule has 2 aromatic heterocycles. The van der Waals surface area contributed by atoms with Gasteiger partial charge >= 0.3 is 12.1 Å². The van der Waals surface area contributed by atoms with Crippen molar-refractivity contribution in [1.82, 2.24) is 4.57 Å². The quantitative estimate of drug-likeness (QED) is 0.933. The van der Waals surface area contributed by atoms with Gasteiger partial charge in [0.1, 0.15) is 0 Å². The highest BCUT2D eigenvalue weighted by molar-refractivity contribution is 7.09. The van der Waals surface area contributed by atoms with Crippen LogP contribution in [0.3, 0.4) is 0 Å². The molecule has 0 spiro atoms. The molecule has 0 aliphatic rings. The number of alkyl halides is 3. The zero-order valence-corrected chi connectivity index (χ0v) is 9.76. The van der Waals surface area contributed by atoms with Crippen molar-refractivity contribution < 1.29 is 23.1 Å². The highest BCUT2D eigenvalue weighted by atomic mass is 32.1. The van der Waals surface area contributed by atoms with Crippen molar-refractivity contribution in [2.24, 2.45) is 0 Å². The van der Waals surface area contributed by atoms with E-state index in [0.29, 0.717) is 0 Å². The van der Waals surface area contributed by atoms with Crippen molar-refractivity contribution >= 4 is 17.3 Å². The summed E-state index contributed by atoms with van der Waals surface area (Å²) < 4.78 is 39.1. The van der Waals surface area contributed by atoms with E-state index in [-0.39, 0.29) is 6.54 Å². The Morgan fingerprint density at radius 3 is 2.56 bits per heavy atom. The first-order valence-corrected chi connectivity index (χ1v) is 5.78. The second-order valence-corrected chi connectivity index (χ2v) is 4.67. The van der Waals surface area contributed by atoms with Gasteiger partial charge in [-0.05, 0) is 11.4 Å². The standard InChI is InChI=1S/C11H8F3NO2S/c12-11(13,14)9-6-15(5-8(9)10(16)17)4-7-2-1-3-18-7/h1-3,5-6H,4H2,(H,16,17). The van der Waals surface area contributed by atoms with E-state index in [9.17, 15) is 18.0 Å². The number of nitrogens with zero attached hydrogens (tertiary/aromatic N) is 1. The van der Waals surface area contributed by atoms with E-state index in [0.717, 1.165) is 17.3 Å². The molecule has 1 N–H and O–H groups in total. The number of hydrogen-bond acceptors (Lipinski definition) is 2. The molecule has 3 nitrogen and oxygen atoms in total. The Balaban J connectivity index is 2.37. The second kappa shape index (κ2) is 4.49. The molecular formula is C11H8F3NO2S. The number of aromatic carboxylic acids is 1. The Morgan fingerprint density at radius 2 is 2.11 bits per heavy atom. The van der Waals surface area contributed by atoms with E-state index in [2.05, 4.69) is 0 Å². The van der Waals surface area contributed by atoms with E-state index in [1.165, 1.54) is 15.9 Å². The fourth-order valence-electron chi connectivity index (χ4n) is 1.58. The molecule has 0 aliphatic carbocycles. The van der Waals surface area contributed by atoms with Crippen LogP contribution in [0, 0.1) is 0 Å². The molecule has 7 heteroatoms. The highest BCUT2D eigenvalue weighted by Crippen LogP contribution is 2.33. The molecule has 2 heterocycles. The summed E-state index contributed by atoms with van der Waals surface area (Å²) in [6.45, 7) is 0.230. The van der Waals surface area contributed by atoms with Crippen LogP contribution in [0.5, 0.6) is 0 Å². The minimum Gasteiger partial charge on any atom is -0.478 e. The number of hydrogen-bond donors (Lipinski definition) is 1. The van der Waals surface area contributed by atoms with Crippen LogP contribution in [0.4, 0.5) is 13.2 Å². The Bertz CT molecular complexity index is 557.